The van der Waals surface area contributed by atoms with Gasteiger partial charge in [0.1, 0.15) is 17.5 Å². The van der Waals surface area contributed by atoms with E-state index in [1.807, 2.05) is 12.3 Å². The van der Waals surface area contributed by atoms with Crippen LogP contribution in [0, 0.1) is 11.3 Å². The summed E-state index contributed by atoms with van der Waals surface area (Å²) in [7, 11) is -1.32. The third kappa shape index (κ3) is 4.61. The van der Waals surface area contributed by atoms with Crippen LogP contribution in [0.4, 0.5) is 0 Å². The smallest absolute Gasteiger partial charge is 0.256 e. The van der Waals surface area contributed by atoms with Crippen molar-refractivity contribution in [3.8, 4) is 11.8 Å². The monoisotopic (exact) mass is 440 g/mol. The molecule has 2 heterocycles. The predicted octanol–water partition coefficient (Wildman–Crippen LogP) is 3.64. The molecule has 1 N–H and O–H groups in total. The standard InChI is InChI=1S/C24H32N2O4Si/c1-23(2,3)17-11-16(14-29-31(6)7)22(28)26(13-17)20-18-10-15(12-25)8-9-19(18)30-24(4,5)21(20)27/h8-11,13,20-21,27,31H,14H2,1-7H3/t20-,21+/m0/s1. The number of fused-ring (bicyclic) bond motifs is 1. The van der Waals surface area contributed by atoms with Crippen LogP contribution in [0.25, 0.3) is 0 Å². The maximum absolute atomic E-state index is 13.6. The van der Waals surface area contributed by atoms with Crippen molar-refractivity contribution in [2.45, 2.75) is 77.5 Å². The Bertz CT molecular complexity index is 1080. The molecule has 31 heavy (non-hydrogen) atoms. The number of benzene rings is 1. The van der Waals surface area contributed by atoms with Crippen LogP contribution in [0.5, 0.6) is 5.75 Å². The van der Waals surface area contributed by atoms with Crippen molar-refractivity contribution in [3.05, 3.63) is 63.1 Å². The number of nitrogens with zero attached hydrogens (tertiary/aromatic N) is 2. The minimum absolute atomic E-state index is 0.197. The van der Waals surface area contributed by atoms with E-state index in [1.165, 1.54) is 0 Å². The Morgan fingerprint density at radius 3 is 2.55 bits per heavy atom. The van der Waals surface area contributed by atoms with Gasteiger partial charge in [-0.25, -0.2) is 0 Å². The number of aromatic nitrogens is 1. The van der Waals surface area contributed by atoms with Gasteiger partial charge in [-0.1, -0.05) is 20.8 Å². The molecule has 0 aliphatic carbocycles. The van der Waals surface area contributed by atoms with Gasteiger partial charge < -0.3 is 18.8 Å². The van der Waals surface area contributed by atoms with Crippen LogP contribution in [-0.2, 0) is 16.4 Å². The van der Waals surface area contributed by atoms with Crippen molar-refractivity contribution in [3.63, 3.8) is 0 Å². The minimum atomic E-state index is -1.32. The highest BCUT2D eigenvalue weighted by molar-refractivity contribution is 6.48. The Morgan fingerprint density at radius 1 is 1.29 bits per heavy atom. The summed E-state index contributed by atoms with van der Waals surface area (Å²) >= 11 is 0. The van der Waals surface area contributed by atoms with Gasteiger partial charge in [0, 0.05) is 17.3 Å². The first-order chi connectivity index (χ1) is 14.3. The third-order valence-corrected chi connectivity index (χ3v) is 6.53. The van der Waals surface area contributed by atoms with Crippen LogP contribution in [0.1, 0.15) is 62.9 Å². The molecule has 7 heteroatoms. The van der Waals surface area contributed by atoms with Crippen molar-refractivity contribution in [1.82, 2.24) is 4.57 Å². The van der Waals surface area contributed by atoms with Crippen molar-refractivity contribution in [2.24, 2.45) is 0 Å². The molecule has 0 saturated heterocycles. The van der Waals surface area contributed by atoms with Gasteiger partial charge in [0.2, 0.25) is 0 Å². The van der Waals surface area contributed by atoms with E-state index in [0.29, 0.717) is 22.4 Å². The van der Waals surface area contributed by atoms with Gasteiger partial charge in [-0.3, -0.25) is 4.79 Å². The molecule has 0 amide bonds. The first kappa shape index (κ1) is 23.3. The minimum Gasteiger partial charge on any atom is -0.485 e. The van der Waals surface area contributed by atoms with Crippen molar-refractivity contribution < 1.29 is 14.3 Å². The molecule has 0 unspecified atom stereocenters. The molecule has 0 saturated carbocycles. The number of aliphatic hydroxyl groups excluding tert-OH is 1. The van der Waals surface area contributed by atoms with E-state index in [9.17, 15) is 15.2 Å². The largest absolute Gasteiger partial charge is 0.485 e. The molecule has 0 fully saturated rings. The second-order valence-corrected chi connectivity index (χ2v) is 12.5. The third-order valence-electron chi connectivity index (χ3n) is 5.70. The molecular weight excluding hydrogens is 408 g/mol. The molecule has 1 aliphatic rings. The number of rotatable bonds is 4. The highest BCUT2D eigenvalue weighted by Crippen LogP contribution is 2.42. The number of hydrogen-bond donors (Lipinski definition) is 1. The Balaban J connectivity index is 2.28. The quantitative estimate of drug-likeness (QED) is 0.734. The van der Waals surface area contributed by atoms with Gasteiger partial charge in [0.25, 0.3) is 5.56 Å². The number of hydrogen-bond acceptors (Lipinski definition) is 5. The zero-order valence-corrected chi connectivity index (χ0v) is 20.5. The number of pyridine rings is 1. The van der Waals surface area contributed by atoms with Crippen molar-refractivity contribution in [2.75, 3.05) is 0 Å². The molecule has 1 aliphatic heterocycles. The molecule has 2 aromatic rings. The zero-order chi connectivity index (χ0) is 23.1. The van der Waals surface area contributed by atoms with E-state index < -0.39 is 26.8 Å². The fourth-order valence-corrected chi connectivity index (χ4v) is 4.29. The highest BCUT2D eigenvalue weighted by Gasteiger charge is 2.44. The van der Waals surface area contributed by atoms with E-state index in [4.69, 9.17) is 9.16 Å². The van der Waals surface area contributed by atoms with Gasteiger partial charge >= 0.3 is 0 Å². The summed E-state index contributed by atoms with van der Waals surface area (Å²) in [6.45, 7) is 14.3. The summed E-state index contributed by atoms with van der Waals surface area (Å²) < 4.78 is 13.5. The summed E-state index contributed by atoms with van der Waals surface area (Å²) in [6.07, 6.45) is 0.839. The molecule has 6 nitrogen and oxygen atoms in total. The Kier molecular flexibility index (Phi) is 6.20. The Hall–Kier alpha value is -2.40. The van der Waals surface area contributed by atoms with E-state index in [1.54, 1.807) is 36.6 Å². The van der Waals surface area contributed by atoms with Gasteiger partial charge in [-0.15, -0.1) is 0 Å². The molecule has 2 atom stereocenters. The van der Waals surface area contributed by atoms with Crippen LogP contribution >= 0.6 is 0 Å². The first-order valence-corrected chi connectivity index (χ1v) is 13.4. The summed E-state index contributed by atoms with van der Waals surface area (Å²) in [5.41, 5.74) is 1.32. The van der Waals surface area contributed by atoms with Gasteiger partial charge in [0.15, 0.2) is 9.04 Å². The second kappa shape index (κ2) is 8.27. The van der Waals surface area contributed by atoms with Gasteiger partial charge in [0.05, 0.1) is 24.3 Å². The lowest BCUT2D eigenvalue weighted by Crippen LogP contribution is -2.52. The zero-order valence-electron chi connectivity index (χ0n) is 19.4. The molecule has 1 aromatic heterocycles. The second-order valence-electron chi connectivity index (χ2n) is 10.0. The lowest BCUT2D eigenvalue weighted by Gasteiger charge is -2.43. The highest BCUT2D eigenvalue weighted by atomic mass is 28.3. The molecule has 166 valence electrons. The topological polar surface area (TPSA) is 84.5 Å². The normalized spacial score (nSPS) is 20.1. The van der Waals surface area contributed by atoms with Crippen LogP contribution in [0.2, 0.25) is 13.1 Å². The predicted molar refractivity (Wildman–Crippen MR) is 123 cm³/mol. The first-order valence-electron chi connectivity index (χ1n) is 10.6. The molecule has 0 bridgehead atoms. The van der Waals surface area contributed by atoms with E-state index in [2.05, 4.69) is 39.9 Å². The fourth-order valence-electron chi connectivity index (χ4n) is 3.78. The molecule has 3 rings (SSSR count). The lowest BCUT2D eigenvalue weighted by molar-refractivity contribution is -0.0644. The van der Waals surface area contributed by atoms with Crippen LogP contribution in [0.3, 0.4) is 0 Å². The molecule has 0 radical (unpaired) electrons. The van der Waals surface area contributed by atoms with Crippen LogP contribution < -0.4 is 10.3 Å². The van der Waals surface area contributed by atoms with Gasteiger partial charge in [-0.05, 0) is 62.2 Å². The average molecular weight is 441 g/mol. The van der Waals surface area contributed by atoms with Crippen molar-refractivity contribution in [1.29, 1.82) is 5.26 Å². The summed E-state index contributed by atoms with van der Waals surface area (Å²) in [5, 5.41) is 20.7. The van der Waals surface area contributed by atoms with Crippen molar-refractivity contribution >= 4 is 9.04 Å². The van der Waals surface area contributed by atoms with Gasteiger partial charge in [-0.2, -0.15) is 5.26 Å². The maximum atomic E-state index is 13.6. The summed E-state index contributed by atoms with van der Waals surface area (Å²) in [4.78, 5) is 13.6. The average Bonchev–Trinajstić information content (AvgIpc) is 2.67. The summed E-state index contributed by atoms with van der Waals surface area (Å²) in [6, 6.07) is 8.49. The molecule has 1 aromatic carbocycles. The van der Waals surface area contributed by atoms with E-state index >= 15 is 0 Å². The lowest BCUT2D eigenvalue weighted by atomic mass is 9.84. The maximum Gasteiger partial charge on any atom is 0.256 e. The van der Waals surface area contributed by atoms with Crippen LogP contribution in [0.15, 0.2) is 35.3 Å². The number of ether oxygens (including phenoxy) is 1. The number of aliphatic hydroxyl groups is 1. The SMILES string of the molecule is C[SiH](C)OCc1cc(C(C)(C)C)cn([C@H]2c3cc(C#N)ccc3OC(C)(C)[C@@H]2O)c1=O. The number of nitriles is 1. The Labute approximate surface area is 185 Å². The van der Waals surface area contributed by atoms with E-state index in [0.717, 1.165) is 5.56 Å². The van der Waals surface area contributed by atoms with Crippen LogP contribution in [-0.4, -0.2) is 30.4 Å². The fraction of sp³-hybridized carbons (Fsp3) is 0.500. The Morgan fingerprint density at radius 2 is 1.97 bits per heavy atom. The van der Waals surface area contributed by atoms with E-state index in [-0.39, 0.29) is 17.6 Å². The summed E-state index contributed by atoms with van der Waals surface area (Å²) in [5.74, 6) is 0.569. The molecular formula is C24H32N2O4Si. The molecule has 0 spiro atoms.